The number of hydrogen-bond donors (Lipinski definition) is 1. The van der Waals surface area contributed by atoms with Gasteiger partial charge in [0.1, 0.15) is 0 Å². The Morgan fingerprint density at radius 1 is 1.00 bits per heavy atom. The van der Waals surface area contributed by atoms with E-state index < -0.39 is 10.0 Å². The molecule has 2 atom stereocenters. The summed E-state index contributed by atoms with van der Waals surface area (Å²) in [5.41, 5.74) is 4.32. The van der Waals surface area contributed by atoms with Gasteiger partial charge in [-0.15, -0.1) is 0 Å². The largest absolute Gasteiger partial charge is 0.373 e. The number of nitrogens with zero attached hydrogens (tertiary/aromatic N) is 1. The standard InChI is InChI=1S/C22H28N2O4S/c1-14-10-15(2)21(16(3)11-14)23-22(25)19-6-8-20(9-7-19)29(26,27)24-12-17(4)28-18(5)13-24/h6-11,17-18H,12-13H2,1-5H3,(H,23,25). The smallest absolute Gasteiger partial charge is 0.255 e. The second-order valence-corrected chi connectivity index (χ2v) is 9.77. The molecule has 0 aromatic heterocycles. The SMILES string of the molecule is Cc1cc(C)c(NC(=O)c2ccc(S(=O)(=O)N3CC(C)OC(C)C3)cc2)c(C)c1. The van der Waals surface area contributed by atoms with E-state index in [1.54, 1.807) is 12.1 Å². The van der Waals surface area contributed by atoms with Crippen molar-refractivity contribution in [1.82, 2.24) is 4.31 Å². The van der Waals surface area contributed by atoms with Crippen molar-refractivity contribution >= 4 is 21.6 Å². The van der Waals surface area contributed by atoms with Crippen molar-refractivity contribution in [3.8, 4) is 0 Å². The minimum atomic E-state index is -3.63. The van der Waals surface area contributed by atoms with Gasteiger partial charge in [0.15, 0.2) is 0 Å². The normalized spacial score (nSPS) is 20.4. The van der Waals surface area contributed by atoms with Gasteiger partial charge >= 0.3 is 0 Å². The number of aryl methyl sites for hydroxylation is 3. The molecule has 1 aliphatic rings. The van der Waals surface area contributed by atoms with Crippen molar-refractivity contribution in [2.75, 3.05) is 18.4 Å². The van der Waals surface area contributed by atoms with Gasteiger partial charge in [-0.05, 0) is 70.0 Å². The van der Waals surface area contributed by atoms with Gasteiger partial charge in [0, 0.05) is 24.3 Å². The maximum absolute atomic E-state index is 12.9. The predicted octanol–water partition coefficient (Wildman–Crippen LogP) is 3.66. The second-order valence-electron chi connectivity index (χ2n) is 7.83. The zero-order chi connectivity index (χ0) is 21.3. The Balaban J connectivity index is 1.78. The molecule has 0 bridgehead atoms. The van der Waals surface area contributed by atoms with Crippen molar-refractivity contribution in [3.63, 3.8) is 0 Å². The molecule has 0 radical (unpaired) electrons. The molecule has 1 fully saturated rings. The summed E-state index contributed by atoms with van der Waals surface area (Å²) in [5.74, 6) is -0.266. The molecule has 156 valence electrons. The van der Waals surface area contributed by atoms with Gasteiger partial charge in [0.25, 0.3) is 5.91 Å². The number of sulfonamides is 1. The number of rotatable bonds is 4. The molecule has 3 rings (SSSR count). The summed E-state index contributed by atoms with van der Waals surface area (Å²) in [7, 11) is -3.63. The van der Waals surface area contributed by atoms with Crippen molar-refractivity contribution in [1.29, 1.82) is 0 Å². The fourth-order valence-corrected chi connectivity index (χ4v) is 5.41. The molecule has 0 aliphatic carbocycles. The molecule has 2 aromatic rings. The molecule has 1 saturated heterocycles. The molecule has 6 nitrogen and oxygen atoms in total. The molecule has 1 amide bonds. The summed E-state index contributed by atoms with van der Waals surface area (Å²) >= 11 is 0. The highest BCUT2D eigenvalue weighted by Gasteiger charge is 2.32. The Kier molecular flexibility index (Phi) is 6.12. The van der Waals surface area contributed by atoms with Crippen LogP contribution in [0.5, 0.6) is 0 Å². The molecule has 0 saturated carbocycles. The van der Waals surface area contributed by atoms with Crippen LogP contribution in [0.2, 0.25) is 0 Å². The summed E-state index contributed by atoms with van der Waals surface area (Å²) in [5, 5.41) is 2.94. The third-order valence-corrected chi connectivity index (χ3v) is 6.90. The topological polar surface area (TPSA) is 75.7 Å². The van der Waals surface area contributed by atoms with E-state index in [-0.39, 0.29) is 23.0 Å². The van der Waals surface area contributed by atoms with E-state index in [1.165, 1.54) is 16.4 Å². The lowest BCUT2D eigenvalue weighted by atomic mass is 10.0. The maximum atomic E-state index is 12.9. The molecule has 2 unspecified atom stereocenters. The molecule has 1 heterocycles. The Morgan fingerprint density at radius 2 is 1.52 bits per heavy atom. The molecule has 2 aromatic carbocycles. The summed E-state index contributed by atoms with van der Waals surface area (Å²) < 4.78 is 32.9. The van der Waals surface area contributed by atoms with Crippen LogP contribution >= 0.6 is 0 Å². The Morgan fingerprint density at radius 3 is 2.03 bits per heavy atom. The highest BCUT2D eigenvalue weighted by molar-refractivity contribution is 7.89. The van der Waals surface area contributed by atoms with Gasteiger partial charge in [0.05, 0.1) is 17.1 Å². The first-order valence-corrected chi connectivity index (χ1v) is 11.2. The van der Waals surface area contributed by atoms with Crippen LogP contribution < -0.4 is 5.32 Å². The molecule has 7 heteroatoms. The molecular formula is C22H28N2O4S. The number of benzene rings is 2. The van der Waals surface area contributed by atoms with E-state index in [0.717, 1.165) is 22.4 Å². The maximum Gasteiger partial charge on any atom is 0.255 e. The average Bonchev–Trinajstić information content (AvgIpc) is 2.63. The van der Waals surface area contributed by atoms with Gasteiger partial charge in [0.2, 0.25) is 10.0 Å². The van der Waals surface area contributed by atoms with Crippen LogP contribution in [0.15, 0.2) is 41.3 Å². The van der Waals surface area contributed by atoms with E-state index in [9.17, 15) is 13.2 Å². The van der Waals surface area contributed by atoms with Crippen LogP contribution in [-0.2, 0) is 14.8 Å². The zero-order valence-corrected chi connectivity index (χ0v) is 18.3. The minimum absolute atomic E-state index is 0.153. The van der Waals surface area contributed by atoms with Gasteiger partial charge in [-0.3, -0.25) is 4.79 Å². The highest BCUT2D eigenvalue weighted by Crippen LogP contribution is 2.24. The summed E-state index contributed by atoms with van der Waals surface area (Å²) in [6.07, 6.45) is -0.306. The number of nitrogens with one attached hydrogen (secondary N) is 1. The quantitative estimate of drug-likeness (QED) is 0.825. The fraction of sp³-hybridized carbons (Fsp3) is 0.409. The van der Waals surface area contributed by atoms with E-state index in [0.29, 0.717) is 18.7 Å². The number of morpholine rings is 1. The van der Waals surface area contributed by atoms with Gasteiger partial charge in [-0.25, -0.2) is 8.42 Å². The third kappa shape index (κ3) is 4.69. The minimum Gasteiger partial charge on any atom is -0.373 e. The number of ether oxygens (including phenoxy) is 1. The fourth-order valence-electron chi connectivity index (χ4n) is 3.82. The number of hydrogen-bond acceptors (Lipinski definition) is 4. The monoisotopic (exact) mass is 416 g/mol. The predicted molar refractivity (Wildman–Crippen MR) is 114 cm³/mol. The van der Waals surface area contributed by atoms with Gasteiger partial charge < -0.3 is 10.1 Å². The number of anilines is 1. The third-order valence-electron chi connectivity index (χ3n) is 5.06. The van der Waals surface area contributed by atoms with E-state index in [4.69, 9.17) is 4.74 Å². The lowest BCUT2D eigenvalue weighted by Gasteiger charge is -2.34. The molecule has 0 spiro atoms. The number of carbonyl (C=O) groups is 1. The van der Waals surface area contributed by atoms with E-state index >= 15 is 0 Å². The van der Waals surface area contributed by atoms with Crippen LogP contribution in [0.25, 0.3) is 0 Å². The summed E-state index contributed by atoms with van der Waals surface area (Å²) in [4.78, 5) is 12.8. The van der Waals surface area contributed by atoms with Gasteiger partial charge in [-0.2, -0.15) is 4.31 Å². The van der Waals surface area contributed by atoms with Crippen LogP contribution in [0.4, 0.5) is 5.69 Å². The first kappa shape index (κ1) is 21.5. The lowest BCUT2D eigenvalue weighted by Crippen LogP contribution is -2.48. The van der Waals surface area contributed by atoms with Crippen molar-refractivity contribution in [2.24, 2.45) is 0 Å². The van der Waals surface area contributed by atoms with E-state index in [1.807, 2.05) is 46.8 Å². The van der Waals surface area contributed by atoms with Crippen LogP contribution in [0.1, 0.15) is 40.9 Å². The van der Waals surface area contributed by atoms with Crippen LogP contribution in [-0.4, -0.2) is 43.9 Å². The highest BCUT2D eigenvalue weighted by atomic mass is 32.2. The molecular weight excluding hydrogens is 388 g/mol. The van der Waals surface area contributed by atoms with Gasteiger partial charge in [-0.1, -0.05) is 17.7 Å². The first-order valence-electron chi connectivity index (χ1n) is 9.73. The molecule has 1 N–H and O–H groups in total. The molecule has 1 aliphatic heterocycles. The van der Waals surface area contributed by atoms with Crippen molar-refractivity contribution in [2.45, 2.75) is 51.7 Å². The van der Waals surface area contributed by atoms with Crippen molar-refractivity contribution < 1.29 is 17.9 Å². The Bertz CT molecular complexity index is 983. The Hall–Kier alpha value is -2.22. The zero-order valence-electron chi connectivity index (χ0n) is 17.5. The first-order chi connectivity index (χ1) is 13.6. The van der Waals surface area contributed by atoms with Crippen LogP contribution in [0.3, 0.4) is 0 Å². The summed E-state index contributed by atoms with van der Waals surface area (Å²) in [6.45, 7) is 10.3. The van der Waals surface area contributed by atoms with Crippen molar-refractivity contribution in [3.05, 3.63) is 58.7 Å². The number of carbonyl (C=O) groups excluding carboxylic acids is 1. The van der Waals surface area contributed by atoms with Crippen LogP contribution in [0, 0.1) is 20.8 Å². The lowest BCUT2D eigenvalue weighted by molar-refractivity contribution is -0.0440. The average molecular weight is 417 g/mol. The molecule has 29 heavy (non-hydrogen) atoms. The van der Waals surface area contributed by atoms with E-state index in [2.05, 4.69) is 5.32 Å². The second kappa shape index (κ2) is 8.26. The Labute approximate surface area is 172 Å². The summed E-state index contributed by atoms with van der Waals surface area (Å²) in [6, 6.07) is 10.1. The number of amides is 1.